The molecule has 1 atom stereocenters. The second-order valence-corrected chi connectivity index (χ2v) is 2.86. The molecule has 0 aliphatic heterocycles. The largest absolute Gasteiger partial charge is 0.396 e. The molecule has 1 unspecified atom stereocenters. The van der Waals surface area contributed by atoms with Crippen LogP contribution in [0, 0.1) is 0 Å². The van der Waals surface area contributed by atoms with Gasteiger partial charge >= 0.3 is 0 Å². The molecule has 0 radical (unpaired) electrons. The summed E-state index contributed by atoms with van der Waals surface area (Å²) >= 11 is 5.78. The number of nitrogens with zero attached hydrogens (tertiary/aromatic N) is 1. The second-order valence-electron chi connectivity index (χ2n) is 2.50. The standard InChI is InChI=1S/C8H11ClN2O/c9-8-6(2-1-4-11-8)7(10)3-5-12/h1-2,4,7,12H,3,5,10H2. The third-order valence-corrected chi connectivity index (χ3v) is 1.94. The van der Waals surface area contributed by atoms with E-state index in [1.54, 1.807) is 12.3 Å². The summed E-state index contributed by atoms with van der Waals surface area (Å²) < 4.78 is 0. The highest BCUT2D eigenvalue weighted by molar-refractivity contribution is 6.30. The van der Waals surface area contributed by atoms with Crippen LogP contribution in [0.1, 0.15) is 18.0 Å². The van der Waals surface area contributed by atoms with Crippen molar-refractivity contribution in [1.82, 2.24) is 4.98 Å². The minimum absolute atomic E-state index is 0.0619. The molecule has 0 spiro atoms. The molecule has 1 heterocycles. The quantitative estimate of drug-likeness (QED) is 0.696. The molecule has 0 saturated heterocycles. The first-order valence-corrected chi connectivity index (χ1v) is 4.10. The van der Waals surface area contributed by atoms with Crippen molar-refractivity contribution in [2.45, 2.75) is 12.5 Å². The summed E-state index contributed by atoms with van der Waals surface area (Å²) in [5, 5.41) is 9.06. The van der Waals surface area contributed by atoms with Crippen LogP contribution in [0.5, 0.6) is 0 Å². The number of nitrogens with two attached hydrogens (primary N) is 1. The van der Waals surface area contributed by atoms with Gasteiger partial charge in [0.25, 0.3) is 0 Å². The van der Waals surface area contributed by atoms with Gasteiger partial charge in [-0.1, -0.05) is 17.7 Å². The minimum atomic E-state index is -0.226. The van der Waals surface area contributed by atoms with E-state index in [4.69, 9.17) is 22.4 Å². The predicted octanol–water partition coefficient (Wildman–Crippen LogP) is 1.12. The molecule has 0 fully saturated rings. The maximum Gasteiger partial charge on any atom is 0.133 e. The van der Waals surface area contributed by atoms with Crippen LogP contribution in [0.3, 0.4) is 0 Å². The van der Waals surface area contributed by atoms with Crippen LogP contribution in [0.15, 0.2) is 18.3 Å². The number of aliphatic hydroxyl groups is 1. The van der Waals surface area contributed by atoms with E-state index in [2.05, 4.69) is 4.98 Å². The average molecular weight is 187 g/mol. The summed E-state index contributed by atoms with van der Waals surface area (Å²) in [6.07, 6.45) is 2.11. The van der Waals surface area contributed by atoms with Crippen LogP contribution in [0.4, 0.5) is 0 Å². The van der Waals surface area contributed by atoms with Crippen molar-refractivity contribution in [2.24, 2.45) is 5.73 Å². The minimum Gasteiger partial charge on any atom is -0.396 e. The van der Waals surface area contributed by atoms with Crippen molar-refractivity contribution >= 4 is 11.6 Å². The zero-order valence-electron chi connectivity index (χ0n) is 6.57. The Morgan fingerprint density at radius 3 is 3.00 bits per heavy atom. The van der Waals surface area contributed by atoms with Crippen LogP contribution in [0.25, 0.3) is 0 Å². The highest BCUT2D eigenvalue weighted by atomic mass is 35.5. The molecule has 0 aromatic carbocycles. The zero-order chi connectivity index (χ0) is 8.97. The van der Waals surface area contributed by atoms with Crippen LogP contribution >= 0.6 is 11.6 Å². The first-order chi connectivity index (χ1) is 5.75. The first kappa shape index (κ1) is 9.45. The fourth-order valence-corrected chi connectivity index (χ4v) is 1.23. The van der Waals surface area contributed by atoms with Gasteiger partial charge in [0.05, 0.1) is 0 Å². The number of hydrogen-bond donors (Lipinski definition) is 2. The number of aromatic nitrogens is 1. The van der Waals surface area contributed by atoms with Gasteiger partial charge in [-0.15, -0.1) is 0 Å². The topological polar surface area (TPSA) is 59.1 Å². The van der Waals surface area contributed by atoms with Gasteiger partial charge in [0.15, 0.2) is 0 Å². The number of aliphatic hydroxyl groups excluding tert-OH is 1. The Hall–Kier alpha value is -0.640. The SMILES string of the molecule is NC(CCO)c1cccnc1Cl. The normalized spacial score (nSPS) is 12.9. The van der Waals surface area contributed by atoms with E-state index < -0.39 is 0 Å². The second kappa shape index (κ2) is 4.40. The molecule has 0 amide bonds. The van der Waals surface area contributed by atoms with Gasteiger partial charge in [-0.25, -0.2) is 4.98 Å². The molecule has 0 bridgehead atoms. The van der Waals surface area contributed by atoms with E-state index in [1.165, 1.54) is 0 Å². The summed E-state index contributed by atoms with van der Waals surface area (Å²) in [6.45, 7) is 0.0619. The van der Waals surface area contributed by atoms with Crippen molar-refractivity contribution < 1.29 is 5.11 Å². The third kappa shape index (κ3) is 2.17. The lowest BCUT2D eigenvalue weighted by Crippen LogP contribution is -2.12. The summed E-state index contributed by atoms with van der Waals surface area (Å²) in [4.78, 5) is 3.89. The molecule has 0 aliphatic rings. The van der Waals surface area contributed by atoms with Gasteiger partial charge in [0, 0.05) is 24.4 Å². The third-order valence-electron chi connectivity index (χ3n) is 1.63. The van der Waals surface area contributed by atoms with E-state index in [1.807, 2.05) is 6.07 Å². The lowest BCUT2D eigenvalue weighted by Gasteiger charge is -2.10. The fourth-order valence-electron chi connectivity index (χ4n) is 0.970. The zero-order valence-corrected chi connectivity index (χ0v) is 7.33. The van der Waals surface area contributed by atoms with Crippen molar-refractivity contribution in [3.8, 4) is 0 Å². The Bertz CT molecular complexity index is 255. The van der Waals surface area contributed by atoms with Gasteiger partial charge < -0.3 is 10.8 Å². The molecule has 0 aliphatic carbocycles. The Morgan fingerprint density at radius 1 is 1.67 bits per heavy atom. The molecule has 1 aromatic rings. The van der Waals surface area contributed by atoms with Gasteiger partial charge in [-0.2, -0.15) is 0 Å². The molecule has 3 nitrogen and oxygen atoms in total. The van der Waals surface area contributed by atoms with Crippen molar-refractivity contribution in [2.75, 3.05) is 6.61 Å². The Labute approximate surface area is 76.2 Å². The Balaban J connectivity index is 2.79. The highest BCUT2D eigenvalue weighted by Crippen LogP contribution is 2.20. The summed E-state index contributed by atoms with van der Waals surface area (Å²) in [5.41, 5.74) is 6.51. The molecular weight excluding hydrogens is 176 g/mol. The summed E-state index contributed by atoms with van der Waals surface area (Å²) in [6, 6.07) is 3.37. The van der Waals surface area contributed by atoms with Crippen molar-refractivity contribution in [1.29, 1.82) is 0 Å². The molecule has 1 aromatic heterocycles. The smallest absolute Gasteiger partial charge is 0.133 e. The number of halogens is 1. The van der Waals surface area contributed by atoms with Crippen molar-refractivity contribution in [3.05, 3.63) is 29.0 Å². The molecular formula is C8H11ClN2O. The molecule has 1 rings (SSSR count). The first-order valence-electron chi connectivity index (χ1n) is 3.72. The van der Waals surface area contributed by atoms with E-state index in [-0.39, 0.29) is 12.6 Å². The number of pyridine rings is 1. The lowest BCUT2D eigenvalue weighted by molar-refractivity contribution is 0.276. The van der Waals surface area contributed by atoms with E-state index in [0.717, 1.165) is 5.56 Å². The van der Waals surface area contributed by atoms with Crippen LogP contribution in [0.2, 0.25) is 5.15 Å². The van der Waals surface area contributed by atoms with Gasteiger partial charge in [0.2, 0.25) is 0 Å². The maximum absolute atomic E-state index is 8.65. The van der Waals surface area contributed by atoms with Gasteiger partial charge in [-0.3, -0.25) is 0 Å². The molecule has 3 N–H and O–H groups in total. The average Bonchev–Trinajstić information content (AvgIpc) is 2.05. The van der Waals surface area contributed by atoms with E-state index >= 15 is 0 Å². The van der Waals surface area contributed by atoms with Crippen LogP contribution in [-0.4, -0.2) is 16.7 Å². The van der Waals surface area contributed by atoms with Crippen molar-refractivity contribution in [3.63, 3.8) is 0 Å². The number of hydrogen-bond acceptors (Lipinski definition) is 3. The fraction of sp³-hybridized carbons (Fsp3) is 0.375. The predicted molar refractivity (Wildman–Crippen MR) is 47.9 cm³/mol. The van der Waals surface area contributed by atoms with Gasteiger partial charge in [0.1, 0.15) is 5.15 Å². The Kier molecular flexibility index (Phi) is 3.47. The van der Waals surface area contributed by atoms with Crippen LogP contribution < -0.4 is 5.73 Å². The monoisotopic (exact) mass is 186 g/mol. The molecule has 4 heteroatoms. The molecule has 0 saturated carbocycles. The maximum atomic E-state index is 8.65. The van der Waals surface area contributed by atoms with Crippen LogP contribution in [-0.2, 0) is 0 Å². The van der Waals surface area contributed by atoms with E-state index in [0.29, 0.717) is 11.6 Å². The van der Waals surface area contributed by atoms with Gasteiger partial charge in [-0.05, 0) is 12.5 Å². The highest BCUT2D eigenvalue weighted by Gasteiger charge is 2.08. The molecule has 12 heavy (non-hydrogen) atoms. The Morgan fingerprint density at radius 2 is 2.42 bits per heavy atom. The number of rotatable bonds is 3. The molecule has 66 valence electrons. The van der Waals surface area contributed by atoms with E-state index in [9.17, 15) is 0 Å². The summed E-state index contributed by atoms with van der Waals surface area (Å²) in [7, 11) is 0. The summed E-state index contributed by atoms with van der Waals surface area (Å²) in [5.74, 6) is 0. The lowest BCUT2D eigenvalue weighted by atomic mass is 10.1.